The number of hydrogen-bond acceptors (Lipinski definition) is 6. The fourth-order valence-electron chi connectivity index (χ4n) is 6.55. The highest BCUT2D eigenvalue weighted by Crippen LogP contribution is 2.43. The van der Waals surface area contributed by atoms with Gasteiger partial charge in [0.1, 0.15) is 18.8 Å². The zero-order valence-corrected chi connectivity index (χ0v) is 29.5. The number of nitrogens with zero attached hydrogens (tertiary/aromatic N) is 6. The molecular weight excluding hydrogens is 896 g/mol. The van der Waals surface area contributed by atoms with Crippen molar-refractivity contribution in [3.05, 3.63) is 102 Å². The van der Waals surface area contributed by atoms with E-state index in [9.17, 15) is 35.9 Å². The number of amides is 2. The highest BCUT2D eigenvalue weighted by molar-refractivity contribution is 14.1. The summed E-state index contributed by atoms with van der Waals surface area (Å²) in [6, 6.07) is 17.6. The molecule has 2 aliphatic carbocycles. The Balaban J connectivity index is 1.19. The number of fused-ring (bicyclic) bond motifs is 2. The highest BCUT2D eigenvalue weighted by Gasteiger charge is 2.46. The zero-order valence-electron chi connectivity index (χ0n) is 25.2. The van der Waals surface area contributed by atoms with Crippen molar-refractivity contribution in [3.8, 4) is 22.5 Å². The standard InChI is InChI=1S/C32H22F6I2N8O2/c33-31(34,35)29(49)41-25-19-10-3-1-6-15(19)13-21(25)47-27(39)23(43-45-47)17-8-5-9-18(12-17)24-28(40)48(46-44-24)22-14-16-7-2-4-11-20(16)26(22)42-30(50)32(36,37)38/h1-12,21-22,25-26H,13-14H2,(H,41,49)(H,42,50)/t21-,22-,25-,26-/m0/s1. The molecule has 5 aromatic rings. The number of carbonyl (C=O) groups is 2. The molecule has 0 spiro atoms. The van der Waals surface area contributed by atoms with Crippen LogP contribution in [0.15, 0.2) is 72.8 Å². The molecule has 0 radical (unpaired) electrons. The predicted molar refractivity (Wildman–Crippen MR) is 182 cm³/mol. The minimum Gasteiger partial charge on any atom is -0.339 e. The van der Waals surface area contributed by atoms with Crippen molar-refractivity contribution in [2.24, 2.45) is 0 Å². The number of nitrogens with one attached hydrogen (secondary N) is 2. The van der Waals surface area contributed by atoms with Gasteiger partial charge in [0, 0.05) is 11.1 Å². The van der Waals surface area contributed by atoms with Gasteiger partial charge in [-0.15, -0.1) is 10.2 Å². The molecule has 10 nitrogen and oxygen atoms in total. The van der Waals surface area contributed by atoms with Gasteiger partial charge in [0.05, 0.1) is 24.2 Å². The van der Waals surface area contributed by atoms with E-state index in [1.165, 1.54) is 9.36 Å². The Bertz CT molecular complexity index is 1990. The molecule has 0 bridgehead atoms. The molecule has 0 fully saturated rings. The summed E-state index contributed by atoms with van der Waals surface area (Å²) in [5.74, 6) is -4.10. The second kappa shape index (κ2) is 12.9. The van der Waals surface area contributed by atoms with Crippen LogP contribution in [0.1, 0.15) is 46.4 Å². The topological polar surface area (TPSA) is 120 Å². The van der Waals surface area contributed by atoms with Crippen LogP contribution in [-0.4, -0.2) is 54.2 Å². The summed E-state index contributed by atoms with van der Waals surface area (Å²) in [5.41, 5.74) is 4.78. The van der Waals surface area contributed by atoms with Gasteiger partial charge < -0.3 is 10.6 Å². The van der Waals surface area contributed by atoms with Crippen LogP contribution in [0.3, 0.4) is 0 Å². The number of carbonyl (C=O) groups excluding carboxylic acids is 2. The van der Waals surface area contributed by atoms with Gasteiger partial charge >= 0.3 is 24.2 Å². The maximum atomic E-state index is 13.3. The largest absolute Gasteiger partial charge is 0.471 e. The first-order valence-corrected chi connectivity index (χ1v) is 17.1. The number of alkyl halides is 6. The number of hydrogen-bond donors (Lipinski definition) is 2. The average Bonchev–Trinajstić information content (AvgIpc) is 3.83. The van der Waals surface area contributed by atoms with Crippen molar-refractivity contribution in [1.82, 2.24) is 40.6 Å². The smallest absolute Gasteiger partial charge is 0.339 e. The first kappa shape index (κ1) is 34.4. The van der Waals surface area contributed by atoms with Crippen molar-refractivity contribution in [1.29, 1.82) is 0 Å². The lowest BCUT2D eigenvalue weighted by atomic mass is 10.1. The molecule has 2 aliphatic rings. The monoisotopic (exact) mass is 918 g/mol. The molecule has 2 amide bonds. The molecule has 0 saturated carbocycles. The SMILES string of the molecule is O=C(N[C@H]1c2ccccc2C[C@@H]1n1nnc(-c2cccc(-c3nnn([C@H]4Cc5ccccc5[C@@H]4NC(=O)C(F)(F)F)c3I)c2)c1I)C(F)(F)F. The molecule has 2 N–H and O–H groups in total. The number of halogens is 8. The molecule has 18 heteroatoms. The third-order valence-electron chi connectivity index (χ3n) is 8.81. The molecule has 7 rings (SSSR count). The minimum absolute atomic E-state index is 0.314. The van der Waals surface area contributed by atoms with Crippen molar-refractivity contribution >= 4 is 57.0 Å². The molecule has 0 aliphatic heterocycles. The molecule has 0 saturated heterocycles. The summed E-state index contributed by atoms with van der Waals surface area (Å²) in [4.78, 5) is 24.0. The summed E-state index contributed by atoms with van der Waals surface area (Å²) < 4.78 is 83.7. The summed E-state index contributed by atoms with van der Waals surface area (Å²) in [7, 11) is 0. The van der Waals surface area contributed by atoms with Crippen molar-refractivity contribution in [2.45, 2.75) is 49.4 Å². The zero-order chi connectivity index (χ0) is 35.5. The lowest BCUT2D eigenvalue weighted by Gasteiger charge is -2.23. The maximum Gasteiger partial charge on any atom is 0.471 e. The molecule has 4 atom stereocenters. The van der Waals surface area contributed by atoms with E-state index in [0.29, 0.717) is 53.9 Å². The van der Waals surface area contributed by atoms with Crippen LogP contribution in [0.4, 0.5) is 26.3 Å². The maximum absolute atomic E-state index is 13.3. The molecule has 258 valence electrons. The van der Waals surface area contributed by atoms with Crippen LogP contribution in [0.2, 0.25) is 0 Å². The van der Waals surface area contributed by atoms with Gasteiger partial charge in [0.25, 0.3) is 0 Å². The van der Waals surface area contributed by atoms with E-state index in [1.54, 1.807) is 72.8 Å². The highest BCUT2D eigenvalue weighted by atomic mass is 127. The van der Waals surface area contributed by atoms with Crippen LogP contribution in [-0.2, 0) is 22.4 Å². The van der Waals surface area contributed by atoms with E-state index in [4.69, 9.17) is 0 Å². The Morgan fingerprint density at radius 3 is 1.44 bits per heavy atom. The second-order valence-electron chi connectivity index (χ2n) is 11.8. The molecule has 50 heavy (non-hydrogen) atoms. The summed E-state index contributed by atoms with van der Waals surface area (Å²) in [5, 5.41) is 21.6. The van der Waals surface area contributed by atoms with Crippen molar-refractivity contribution in [2.75, 3.05) is 0 Å². The number of benzene rings is 3. The summed E-state index contributed by atoms with van der Waals surface area (Å²) in [6.07, 6.45) is -9.51. The van der Waals surface area contributed by atoms with Crippen molar-refractivity contribution in [3.63, 3.8) is 0 Å². The van der Waals surface area contributed by atoms with Gasteiger partial charge in [-0.25, -0.2) is 9.36 Å². The van der Waals surface area contributed by atoms with E-state index in [1.807, 2.05) is 45.2 Å². The Labute approximate surface area is 306 Å². The van der Waals surface area contributed by atoms with Crippen LogP contribution < -0.4 is 10.6 Å². The molecular formula is C32H22F6I2N8O2. The first-order chi connectivity index (χ1) is 23.7. The lowest BCUT2D eigenvalue weighted by Crippen LogP contribution is -2.41. The van der Waals surface area contributed by atoms with Crippen LogP contribution >= 0.6 is 45.2 Å². The Morgan fingerprint density at radius 2 is 1.04 bits per heavy atom. The van der Waals surface area contributed by atoms with Gasteiger partial charge in [-0.05, 0) is 86.3 Å². The average molecular weight is 918 g/mol. The molecule has 0 unspecified atom stereocenters. The number of rotatable bonds is 6. The second-order valence-corrected chi connectivity index (χ2v) is 13.8. The first-order valence-electron chi connectivity index (χ1n) is 15.0. The van der Waals surface area contributed by atoms with Crippen LogP contribution in [0.5, 0.6) is 0 Å². The quantitative estimate of drug-likeness (QED) is 0.150. The van der Waals surface area contributed by atoms with E-state index in [0.717, 1.165) is 11.1 Å². The molecule has 2 aromatic heterocycles. The van der Waals surface area contributed by atoms with E-state index in [2.05, 4.69) is 31.3 Å². The fraction of sp³-hybridized carbons (Fsp3) is 0.250. The Kier molecular flexibility index (Phi) is 8.88. The lowest BCUT2D eigenvalue weighted by molar-refractivity contribution is -0.174. The van der Waals surface area contributed by atoms with Crippen LogP contribution in [0.25, 0.3) is 22.5 Å². The predicted octanol–water partition coefficient (Wildman–Crippen LogP) is 6.45. The van der Waals surface area contributed by atoms with Gasteiger partial charge in [-0.1, -0.05) is 77.2 Å². The fourth-order valence-corrected chi connectivity index (χ4v) is 8.30. The molecule has 2 heterocycles. The number of aromatic nitrogens is 6. The Hall–Kier alpha value is -4.08. The third-order valence-corrected chi connectivity index (χ3v) is 10.8. The van der Waals surface area contributed by atoms with Crippen LogP contribution in [0, 0.1) is 7.40 Å². The summed E-state index contributed by atoms with van der Waals surface area (Å²) in [6.45, 7) is 0. The van der Waals surface area contributed by atoms with E-state index >= 15 is 0 Å². The van der Waals surface area contributed by atoms with Crippen molar-refractivity contribution < 1.29 is 35.9 Å². The normalized spacial score (nSPS) is 20.0. The van der Waals surface area contributed by atoms with Gasteiger partial charge in [-0.3, -0.25) is 9.59 Å². The van der Waals surface area contributed by atoms with E-state index in [-0.39, 0.29) is 0 Å². The van der Waals surface area contributed by atoms with Gasteiger partial charge in [-0.2, -0.15) is 26.3 Å². The van der Waals surface area contributed by atoms with Gasteiger partial charge in [0.2, 0.25) is 0 Å². The third kappa shape index (κ3) is 6.23. The molecule has 3 aromatic carbocycles. The Morgan fingerprint density at radius 1 is 0.640 bits per heavy atom. The minimum atomic E-state index is -5.07. The van der Waals surface area contributed by atoms with E-state index < -0.39 is 48.3 Å². The van der Waals surface area contributed by atoms with Gasteiger partial charge in [0.15, 0.2) is 0 Å². The summed E-state index contributed by atoms with van der Waals surface area (Å²) >= 11 is 4.05.